The minimum absolute atomic E-state index is 0.0475. The van der Waals surface area contributed by atoms with Crippen LogP contribution < -0.4 is 15.8 Å². The van der Waals surface area contributed by atoms with Gasteiger partial charge < -0.3 is 30.7 Å². The van der Waals surface area contributed by atoms with Gasteiger partial charge in [0.25, 0.3) is 0 Å². The highest BCUT2D eigenvalue weighted by Crippen LogP contribution is 2.26. The molecule has 2 unspecified atom stereocenters. The standard InChI is InChI=1S/C20H24N2O6/c1-27-14-7-8-15(16(11-14)19(21)25)18(24)17(23)9-10-22-20(26)28-12-13-5-3-2-4-6-13/h2-8,11,17-18,23-24H,9-10,12H2,1H3,(H2,21,25)(H,22,26). The Morgan fingerprint density at radius 3 is 2.50 bits per heavy atom. The second-order valence-corrected chi connectivity index (χ2v) is 6.11. The molecular weight excluding hydrogens is 364 g/mol. The molecule has 5 N–H and O–H groups in total. The Hall–Kier alpha value is -3.10. The van der Waals surface area contributed by atoms with Gasteiger partial charge in [-0.2, -0.15) is 0 Å². The number of aliphatic hydroxyl groups excluding tert-OH is 2. The maximum Gasteiger partial charge on any atom is 0.407 e. The van der Waals surface area contributed by atoms with Crippen LogP contribution in [0.2, 0.25) is 0 Å². The van der Waals surface area contributed by atoms with E-state index in [-0.39, 0.29) is 30.7 Å². The van der Waals surface area contributed by atoms with Gasteiger partial charge in [0.2, 0.25) is 5.91 Å². The summed E-state index contributed by atoms with van der Waals surface area (Å²) in [6.45, 7) is 0.208. The SMILES string of the molecule is COc1ccc(C(O)C(O)CCNC(=O)OCc2ccccc2)c(C(N)=O)c1. The van der Waals surface area contributed by atoms with Gasteiger partial charge >= 0.3 is 6.09 Å². The third-order valence-corrected chi connectivity index (χ3v) is 4.13. The van der Waals surface area contributed by atoms with E-state index in [1.807, 2.05) is 30.3 Å². The topological polar surface area (TPSA) is 131 Å². The fourth-order valence-corrected chi connectivity index (χ4v) is 2.60. The van der Waals surface area contributed by atoms with Gasteiger partial charge in [-0.25, -0.2) is 4.79 Å². The number of carbonyl (C=O) groups excluding carboxylic acids is 2. The van der Waals surface area contributed by atoms with Crippen LogP contribution in [-0.4, -0.2) is 42.0 Å². The van der Waals surface area contributed by atoms with Gasteiger partial charge in [-0.1, -0.05) is 36.4 Å². The molecular formula is C20H24N2O6. The lowest BCUT2D eigenvalue weighted by atomic mass is 9.96. The maximum absolute atomic E-state index is 11.7. The second kappa shape index (κ2) is 10.3. The van der Waals surface area contributed by atoms with Gasteiger partial charge in [0, 0.05) is 12.1 Å². The zero-order chi connectivity index (χ0) is 20.5. The van der Waals surface area contributed by atoms with Crippen molar-refractivity contribution in [3.05, 3.63) is 65.2 Å². The summed E-state index contributed by atoms with van der Waals surface area (Å²) < 4.78 is 10.1. The molecule has 2 amide bonds. The van der Waals surface area contributed by atoms with E-state index in [4.69, 9.17) is 15.2 Å². The number of aliphatic hydroxyl groups is 2. The Balaban J connectivity index is 1.84. The molecule has 0 spiro atoms. The molecule has 8 nitrogen and oxygen atoms in total. The normalized spacial score (nSPS) is 12.7. The zero-order valence-electron chi connectivity index (χ0n) is 15.5. The van der Waals surface area contributed by atoms with E-state index in [0.29, 0.717) is 5.75 Å². The molecule has 0 radical (unpaired) electrons. The van der Waals surface area contributed by atoms with Crippen LogP contribution in [0.1, 0.15) is 34.0 Å². The number of hydrogen-bond donors (Lipinski definition) is 4. The summed E-state index contributed by atoms with van der Waals surface area (Å²) in [6, 6.07) is 13.6. The van der Waals surface area contributed by atoms with E-state index in [1.165, 1.54) is 19.2 Å². The second-order valence-electron chi connectivity index (χ2n) is 6.11. The highest BCUT2D eigenvalue weighted by Gasteiger charge is 2.23. The minimum atomic E-state index is -1.35. The van der Waals surface area contributed by atoms with Crippen molar-refractivity contribution < 1.29 is 29.3 Å². The molecule has 28 heavy (non-hydrogen) atoms. The van der Waals surface area contributed by atoms with Crippen molar-refractivity contribution in [3.8, 4) is 5.75 Å². The van der Waals surface area contributed by atoms with E-state index >= 15 is 0 Å². The lowest BCUT2D eigenvalue weighted by Crippen LogP contribution is -2.30. The molecule has 0 aliphatic heterocycles. The lowest BCUT2D eigenvalue weighted by Gasteiger charge is -2.20. The Labute approximate surface area is 162 Å². The van der Waals surface area contributed by atoms with E-state index in [9.17, 15) is 19.8 Å². The maximum atomic E-state index is 11.7. The van der Waals surface area contributed by atoms with Crippen LogP contribution in [0, 0.1) is 0 Å². The first-order valence-corrected chi connectivity index (χ1v) is 8.70. The predicted octanol–water partition coefficient (Wildman–Crippen LogP) is 1.50. The third-order valence-electron chi connectivity index (χ3n) is 4.13. The van der Waals surface area contributed by atoms with Gasteiger partial charge in [0.15, 0.2) is 0 Å². The molecule has 0 heterocycles. The van der Waals surface area contributed by atoms with Gasteiger partial charge in [-0.3, -0.25) is 4.79 Å². The predicted molar refractivity (Wildman–Crippen MR) is 102 cm³/mol. The van der Waals surface area contributed by atoms with Gasteiger partial charge in [-0.05, 0) is 29.7 Å². The summed E-state index contributed by atoms with van der Waals surface area (Å²) in [5.41, 5.74) is 6.43. The van der Waals surface area contributed by atoms with Gasteiger partial charge in [0.1, 0.15) is 18.5 Å². The fourth-order valence-electron chi connectivity index (χ4n) is 2.60. The van der Waals surface area contributed by atoms with Crippen molar-refractivity contribution >= 4 is 12.0 Å². The van der Waals surface area contributed by atoms with Crippen molar-refractivity contribution in [1.82, 2.24) is 5.32 Å². The van der Waals surface area contributed by atoms with Crippen molar-refractivity contribution in [1.29, 1.82) is 0 Å². The third kappa shape index (κ3) is 5.97. The van der Waals surface area contributed by atoms with Crippen LogP contribution in [0.15, 0.2) is 48.5 Å². The largest absolute Gasteiger partial charge is 0.497 e. The summed E-state index contributed by atoms with van der Waals surface area (Å²) in [7, 11) is 1.44. The zero-order valence-corrected chi connectivity index (χ0v) is 15.5. The molecule has 0 aromatic heterocycles. The first-order valence-electron chi connectivity index (χ1n) is 8.70. The quantitative estimate of drug-likeness (QED) is 0.515. The van der Waals surface area contributed by atoms with E-state index in [1.54, 1.807) is 6.07 Å². The van der Waals surface area contributed by atoms with Crippen molar-refractivity contribution in [2.24, 2.45) is 5.73 Å². The first-order chi connectivity index (χ1) is 13.4. The van der Waals surface area contributed by atoms with Crippen LogP contribution >= 0.6 is 0 Å². The number of rotatable bonds is 9. The summed E-state index contributed by atoms with van der Waals surface area (Å²) in [4.78, 5) is 23.3. The Bertz CT molecular complexity index is 797. The number of ether oxygens (including phenoxy) is 2. The van der Waals surface area contributed by atoms with Gasteiger partial charge in [0.05, 0.1) is 13.2 Å². The fraction of sp³-hybridized carbons (Fsp3) is 0.300. The number of nitrogens with one attached hydrogen (secondary N) is 1. The molecule has 0 saturated heterocycles. The Morgan fingerprint density at radius 2 is 1.86 bits per heavy atom. The van der Waals surface area contributed by atoms with Crippen molar-refractivity contribution in [2.45, 2.75) is 25.2 Å². The number of methoxy groups -OCH3 is 1. The van der Waals surface area contributed by atoms with Crippen LogP contribution in [0.25, 0.3) is 0 Å². The number of benzene rings is 2. The summed E-state index contributed by atoms with van der Waals surface area (Å²) in [6.07, 6.45) is -3.16. The molecule has 0 saturated carbocycles. The first kappa shape index (κ1) is 21.2. The molecule has 0 aliphatic rings. The van der Waals surface area contributed by atoms with Crippen LogP contribution in [0.3, 0.4) is 0 Å². The lowest BCUT2D eigenvalue weighted by molar-refractivity contribution is 0.0132. The van der Waals surface area contributed by atoms with Crippen LogP contribution in [0.4, 0.5) is 4.79 Å². The van der Waals surface area contributed by atoms with Crippen molar-refractivity contribution in [3.63, 3.8) is 0 Å². The molecule has 150 valence electrons. The summed E-state index contributed by atoms with van der Waals surface area (Å²) in [5.74, 6) is -0.343. The molecule has 2 rings (SSSR count). The molecule has 2 atom stereocenters. The summed E-state index contributed by atoms with van der Waals surface area (Å²) in [5, 5.41) is 23.1. The summed E-state index contributed by atoms with van der Waals surface area (Å²) >= 11 is 0. The highest BCUT2D eigenvalue weighted by atomic mass is 16.5. The van der Waals surface area contributed by atoms with Gasteiger partial charge in [-0.15, -0.1) is 0 Å². The number of hydrogen-bond acceptors (Lipinski definition) is 6. The number of nitrogens with two attached hydrogens (primary N) is 1. The molecule has 2 aromatic rings. The Morgan fingerprint density at radius 1 is 1.14 bits per heavy atom. The Kier molecular flexibility index (Phi) is 7.79. The average Bonchev–Trinajstić information content (AvgIpc) is 2.71. The number of amides is 2. The van der Waals surface area contributed by atoms with E-state index in [2.05, 4.69) is 5.32 Å². The average molecular weight is 388 g/mol. The number of primary amides is 1. The molecule has 0 fully saturated rings. The highest BCUT2D eigenvalue weighted by molar-refractivity contribution is 5.95. The molecule has 2 aromatic carbocycles. The molecule has 0 aliphatic carbocycles. The smallest absolute Gasteiger partial charge is 0.407 e. The van der Waals surface area contributed by atoms with Crippen molar-refractivity contribution in [2.75, 3.05) is 13.7 Å². The number of carbonyl (C=O) groups is 2. The monoisotopic (exact) mass is 388 g/mol. The molecule has 0 bridgehead atoms. The number of alkyl carbamates (subject to hydrolysis) is 1. The van der Waals surface area contributed by atoms with Crippen LogP contribution in [0.5, 0.6) is 5.75 Å². The minimum Gasteiger partial charge on any atom is -0.497 e. The van der Waals surface area contributed by atoms with E-state index < -0.39 is 24.2 Å². The van der Waals surface area contributed by atoms with E-state index in [0.717, 1.165) is 5.56 Å². The molecule has 8 heteroatoms. The van der Waals surface area contributed by atoms with Crippen LogP contribution in [-0.2, 0) is 11.3 Å².